The number of rotatable bonds is 2. The fourth-order valence-electron chi connectivity index (χ4n) is 3.38. The number of carbonyl (C=O) groups is 1. The minimum absolute atomic E-state index is 0.167. The zero-order valence-corrected chi connectivity index (χ0v) is 14.8. The Hall–Kier alpha value is -1.90. The van der Waals surface area contributed by atoms with E-state index in [0.29, 0.717) is 16.4 Å². The highest BCUT2D eigenvalue weighted by atomic mass is 19.3. The number of hydrogen-bond donors (Lipinski definition) is 0. The minimum atomic E-state index is 0.167. The number of benzene rings is 2. The molecule has 3 heteroatoms. The van der Waals surface area contributed by atoms with Crippen LogP contribution in [0, 0.1) is 11.3 Å². The standard InChI is InChI=1S/C11H7FO2.C10H20/c12-14-11-3-1-2-9-6-8(7-13)4-5-10(9)11;1-10(2,3)9-7-5-4-6-8-9/h1-7H;9H,4-8H2,1-3H3. The van der Waals surface area contributed by atoms with E-state index in [2.05, 4.69) is 25.7 Å². The molecule has 2 aromatic carbocycles. The summed E-state index contributed by atoms with van der Waals surface area (Å²) in [6, 6.07) is 9.97. The lowest BCUT2D eigenvalue weighted by Gasteiger charge is -2.33. The number of aldehydes is 1. The van der Waals surface area contributed by atoms with Crippen LogP contribution in [0.15, 0.2) is 36.4 Å². The Labute approximate surface area is 143 Å². The van der Waals surface area contributed by atoms with Crippen molar-refractivity contribution < 1.29 is 14.3 Å². The van der Waals surface area contributed by atoms with Gasteiger partial charge in [-0.3, -0.25) is 9.74 Å². The van der Waals surface area contributed by atoms with E-state index in [1.165, 1.54) is 38.2 Å². The highest BCUT2D eigenvalue weighted by Gasteiger charge is 2.25. The molecule has 0 N–H and O–H groups in total. The second kappa shape index (κ2) is 8.27. The van der Waals surface area contributed by atoms with Crippen molar-refractivity contribution in [3.05, 3.63) is 42.0 Å². The van der Waals surface area contributed by atoms with Gasteiger partial charge in [0.25, 0.3) is 0 Å². The molecule has 0 amide bonds. The molecule has 1 aliphatic rings. The molecule has 0 radical (unpaired) electrons. The Kier molecular flexibility index (Phi) is 6.36. The van der Waals surface area contributed by atoms with Crippen LogP contribution < -0.4 is 4.94 Å². The van der Waals surface area contributed by atoms with Crippen molar-refractivity contribution in [1.29, 1.82) is 0 Å². The second-order valence-electron chi connectivity index (χ2n) is 7.63. The largest absolute Gasteiger partial charge is 0.298 e. The topological polar surface area (TPSA) is 26.3 Å². The summed E-state index contributed by atoms with van der Waals surface area (Å²) in [4.78, 5) is 14.2. The van der Waals surface area contributed by atoms with Gasteiger partial charge in [-0.1, -0.05) is 58.2 Å². The molecule has 130 valence electrons. The molecule has 0 saturated heterocycles. The maximum absolute atomic E-state index is 12.1. The zero-order chi connectivity index (χ0) is 17.6. The number of halogens is 1. The highest BCUT2D eigenvalue weighted by Crippen LogP contribution is 2.37. The fourth-order valence-corrected chi connectivity index (χ4v) is 3.38. The molecule has 3 rings (SSSR count). The van der Waals surface area contributed by atoms with Crippen LogP contribution in [-0.2, 0) is 0 Å². The van der Waals surface area contributed by atoms with Gasteiger partial charge in [-0.05, 0) is 47.8 Å². The molecule has 0 aromatic heterocycles. The van der Waals surface area contributed by atoms with Crippen LogP contribution in [0.2, 0.25) is 0 Å². The number of carbonyl (C=O) groups excluding carboxylic acids is 1. The summed E-state index contributed by atoms with van der Waals surface area (Å²) in [6.07, 6.45) is 8.13. The van der Waals surface area contributed by atoms with Gasteiger partial charge in [0.05, 0.1) is 0 Å². The third-order valence-corrected chi connectivity index (χ3v) is 4.91. The summed E-state index contributed by atoms with van der Waals surface area (Å²) >= 11 is 0. The molecule has 0 atom stereocenters. The van der Waals surface area contributed by atoms with Crippen molar-refractivity contribution in [1.82, 2.24) is 0 Å². The summed E-state index contributed by atoms with van der Waals surface area (Å²) in [5, 5.41) is 1.44. The Balaban J connectivity index is 0.000000185. The van der Waals surface area contributed by atoms with E-state index >= 15 is 0 Å². The van der Waals surface area contributed by atoms with Gasteiger partial charge in [0.1, 0.15) is 6.29 Å². The van der Waals surface area contributed by atoms with E-state index in [-0.39, 0.29) is 5.75 Å². The summed E-state index contributed by atoms with van der Waals surface area (Å²) < 4.78 is 12.1. The number of hydrogen-bond acceptors (Lipinski definition) is 2. The first kappa shape index (κ1) is 18.4. The summed E-state index contributed by atoms with van der Waals surface area (Å²) in [7, 11) is 0. The van der Waals surface area contributed by atoms with Gasteiger partial charge in [-0.2, -0.15) is 0 Å². The van der Waals surface area contributed by atoms with E-state index in [1.54, 1.807) is 30.3 Å². The maximum Gasteiger partial charge on any atom is 0.179 e. The van der Waals surface area contributed by atoms with Gasteiger partial charge in [0.15, 0.2) is 5.75 Å². The van der Waals surface area contributed by atoms with Crippen LogP contribution in [0.4, 0.5) is 4.53 Å². The molecule has 0 heterocycles. The molecule has 1 aliphatic carbocycles. The van der Waals surface area contributed by atoms with Crippen molar-refractivity contribution in [3.63, 3.8) is 0 Å². The van der Waals surface area contributed by atoms with Crippen LogP contribution in [-0.4, -0.2) is 6.29 Å². The first-order valence-corrected chi connectivity index (χ1v) is 8.72. The molecule has 0 bridgehead atoms. The smallest absolute Gasteiger partial charge is 0.179 e. The Morgan fingerprint density at radius 3 is 2.33 bits per heavy atom. The molecule has 0 aliphatic heterocycles. The first-order chi connectivity index (χ1) is 11.5. The normalized spacial score (nSPS) is 15.5. The Bertz CT molecular complexity index is 667. The monoisotopic (exact) mass is 330 g/mol. The average molecular weight is 330 g/mol. The SMILES string of the molecule is CC(C)(C)C1CCCCC1.O=Cc1ccc2c(OF)cccc2c1. The lowest BCUT2D eigenvalue weighted by atomic mass is 9.72. The lowest BCUT2D eigenvalue weighted by molar-refractivity contribution is -0.00423. The molecule has 2 nitrogen and oxygen atoms in total. The average Bonchev–Trinajstić information content (AvgIpc) is 2.61. The van der Waals surface area contributed by atoms with Crippen molar-refractivity contribution >= 4 is 17.1 Å². The van der Waals surface area contributed by atoms with Gasteiger partial charge >= 0.3 is 0 Å². The highest BCUT2D eigenvalue weighted by molar-refractivity contribution is 5.92. The third-order valence-electron chi connectivity index (χ3n) is 4.91. The van der Waals surface area contributed by atoms with Crippen LogP contribution in [0.5, 0.6) is 5.75 Å². The maximum atomic E-state index is 12.1. The van der Waals surface area contributed by atoms with E-state index in [9.17, 15) is 9.32 Å². The quantitative estimate of drug-likeness (QED) is 0.585. The molecular formula is C21H27FO2. The lowest BCUT2D eigenvalue weighted by Crippen LogP contribution is -2.22. The van der Waals surface area contributed by atoms with Crippen molar-refractivity contribution in [2.75, 3.05) is 0 Å². The Morgan fingerprint density at radius 2 is 1.79 bits per heavy atom. The second-order valence-corrected chi connectivity index (χ2v) is 7.63. The van der Waals surface area contributed by atoms with Crippen molar-refractivity contribution in [3.8, 4) is 5.75 Å². The summed E-state index contributed by atoms with van der Waals surface area (Å²) in [5.41, 5.74) is 1.13. The summed E-state index contributed by atoms with van der Waals surface area (Å²) in [5.74, 6) is 1.17. The number of fused-ring (bicyclic) bond motifs is 1. The first-order valence-electron chi connectivity index (χ1n) is 8.72. The van der Waals surface area contributed by atoms with Crippen LogP contribution in [0.1, 0.15) is 63.2 Å². The van der Waals surface area contributed by atoms with Crippen LogP contribution in [0.25, 0.3) is 10.8 Å². The fraction of sp³-hybridized carbons (Fsp3) is 0.476. The van der Waals surface area contributed by atoms with Gasteiger partial charge in [0, 0.05) is 15.5 Å². The Morgan fingerprint density at radius 1 is 1.08 bits per heavy atom. The molecular weight excluding hydrogens is 303 g/mol. The molecule has 1 saturated carbocycles. The predicted octanol–water partition coefficient (Wildman–Crippen LogP) is 6.53. The molecule has 0 unspecified atom stereocenters. The van der Waals surface area contributed by atoms with Crippen LogP contribution in [0.3, 0.4) is 0 Å². The molecule has 0 spiro atoms. The molecule has 1 fully saturated rings. The third kappa shape index (κ3) is 4.80. The van der Waals surface area contributed by atoms with Gasteiger partial charge < -0.3 is 0 Å². The van der Waals surface area contributed by atoms with Gasteiger partial charge in [0.2, 0.25) is 0 Å². The van der Waals surface area contributed by atoms with Crippen molar-refractivity contribution in [2.24, 2.45) is 11.3 Å². The van der Waals surface area contributed by atoms with Crippen molar-refractivity contribution in [2.45, 2.75) is 52.9 Å². The van der Waals surface area contributed by atoms with Gasteiger partial charge in [-0.15, -0.1) is 0 Å². The zero-order valence-electron chi connectivity index (χ0n) is 14.8. The predicted molar refractivity (Wildman–Crippen MR) is 97.1 cm³/mol. The van der Waals surface area contributed by atoms with E-state index in [1.807, 2.05) is 0 Å². The van der Waals surface area contributed by atoms with Gasteiger partial charge in [-0.25, -0.2) is 0 Å². The summed E-state index contributed by atoms with van der Waals surface area (Å²) in [6.45, 7) is 7.13. The van der Waals surface area contributed by atoms with Crippen LogP contribution >= 0.6 is 0 Å². The van der Waals surface area contributed by atoms with E-state index in [0.717, 1.165) is 17.6 Å². The van der Waals surface area contributed by atoms with E-state index < -0.39 is 0 Å². The van der Waals surface area contributed by atoms with E-state index in [4.69, 9.17) is 0 Å². The molecule has 2 aromatic rings. The molecule has 24 heavy (non-hydrogen) atoms. The minimum Gasteiger partial charge on any atom is -0.298 e.